The van der Waals surface area contributed by atoms with Gasteiger partial charge in [-0.3, -0.25) is 0 Å². The molecule has 0 unspecified atom stereocenters. The van der Waals surface area contributed by atoms with E-state index in [-0.39, 0.29) is 0 Å². The monoisotopic (exact) mass is 810 g/mol. The lowest BCUT2D eigenvalue weighted by atomic mass is 9.90. The fraction of sp³-hybridized carbons (Fsp3) is 0.222. The topological polar surface area (TPSA) is 24.1 Å². The molecule has 0 saturated heterocycles. The summed E-state index contributed by atoms with van der Waals surface area (Å²) in [5, 5.41) is 10.4. The van der Waals surface area contributed by atoms with Gasteiger partial charge in [-0.15, -0.1) is 22.7 Å². The highest BCUT2D eigenvalue weighted by molar-refractivity contribution is 14.1. The molecule has 6 heteroatoms. The zero-order valence-corrected chi connectivity index (χ0v) is 29.5. The Morgan fingerprint density at radius 1 is 0.548 bits per heavy atom. The van der Waals surface area contributed by atoms with Gasteiger partial charge in [-0.2, -0.15) is 0 Å². The van der Waals surface area contributed by atoms with E-state index in [1.807, 2.05) is 22.7 Å². The molecule has 0 fully saturated rings. The minimum Gasteiger partial charge on any atom is -0.303 e. The van der Waals surface area contributed by atoms with Crippen LogP contribution < -0.4 is 10.6 Å². The van der Waals surface area contributed by atoms with E-state index < -0.39 is 0 Å². The molecule has 4 aromatic carbocycles. The van der Waals surface area contributed by atoms with Gasteiger partial charge in [0.1, 0.15) is 0 Å². The molecule has 212 valence electrons. The van der Waals surface area contributed by atoms with E-state index in [4.69, 9.17) is 0 Å². The molecule has 2 nitrogen and oxygen atoms in total. The normalized spacial score (nSPS) is 21.4. The first-order chi connectivity index (χ1) is 20.4. The molecule has 0 saturated carbocycles. The van der Waals surface area contributed by atoms with Gasteiger partial charge in [0.05, 0.1) is 12.1 Å². The lowest BCUT2D eigenvalue weighted by molar-refractivity contribution is 0.472. The largest absolute Gasteiger partial charge is 0.303 e. The second-order valence-electron chi connectivity index (χ2n) is 11.4. The smallest absolute Gasteiger partial charge is 0.0596 e. The summed E-state index contributed by atoms with van der Waals surface area (Å²) in [4.78, 5) is 3.09. The van der Waals surface area contributed by atoms with Crippen molar-refractivity contribution < 1.29 is 0 Å². The number of rotatable bonds is 2. The lowest BCUT2D eigenvalue weighted by Crippen LogP contribution is -2.37. The number of hydrogen-bond donors (Lipinski definition) is 2. The summed E-state index contributed by atoms with van der Waals surface area (Å²) in [6.07, 6.45) is 2.27. The van der Waals surface area contributed by atoms with Crippen LogP contribution in [0, 0.1) is 7.14 Å². The molecule has 0 bridgehead atoms. The van der Waals surface area contributed by atoms with Gasteiger partial charge in [-0.1, -0.05) is 60.7 Å². The molecule has 2 aliphatic heterocycles. The van der Waals surface area contributed by atoms with Crippen molar-refractivity contribution in [2.45, 2.75) is 50.9 Å². The van der Waals surface area contributed by atoms with Crippen LogP contribution in [0.25, 0.3) is 20.2 Å². The number of hydrogen-bond acceptors (Lipinski definition) is 4. The molecule has 0 radical (unpaired) electrons. The van der Waals surface area contributed by atoms with Gasteiger partial charge in [0, 0.05) is 38.4 Å². The third kappa shape index (κ3) is 5.71. The maximum absolute atomic E-state index is 3.79. The molecule has 2 N–H and O–H groups in total. The standard InChI is InChI=1S/2C18H16INS/c2*1-11-10-16-17(14-4-2-3-5-15(14)21-16)18(20-11)12-6-8-13(19)9-7-12/h2*2-9,11,18,20H,10H2,1H3/t11-,18+;11-,18-/m11/s1. The Morgan fingerprint density at radius 3 is 1.33 bits per heavy atom. The Balaban J connectivity index is 0.000000137. The van der Waals surface area contributed by atoms with E-state index in [1.165, 1.54) is 49.6 Å². The van der Waals surface area contributed by atoms with Gasteiger partial charge in [-0.25, -0.2) is 0 Å². The highest BCUT2D eigenvalue weighted by Crippen LogP contribution is 2.42. The SMILES string of the molecule is C[C@@H]1Cc2sc3ccccc3c2[C@@H](c2ccc(I)cc2)N1.C[C@@H]1Cc2sc3ccccc3c2[C@H](c2ccc(I)cc2)N1. The number of fused-ring (bicyclic) bond motifs is 6. The quantitative estimate of drug-likeness (QED) is 0.170. The second kappa shape index (κ2) is 12.3. The van der Waals surface area contributed by atoms with Crippen molar-refractivity contribution in [3.63, 3.8) is 0 Å². The van der Waals surface area contributed by atoms with E-state index >= 15 is 0 Å². The molecule has 2 aliphatic rings. The fourth-order valence-electron chi connectivity index (χ4n) is 6.41. The molecule has 42 heavy (non-hydrogen) atoms. The number of benzene rings is 4. The Kier molecular flexibility index (Phi) is 8.46. The fourth-order valence-corrected chi connectivity index (χ4v) is 9.88. The molecule has 0 amide bonds. The van der Waals surface area contributed by atoms with Gasteiger partial charge < -0.3 is 10.6 Å². The minimum atomic E-state index is 0.317. The summed E-state index contributed by atoms with van der Waals surface area (Å²) in [7, 11) is 0. The zero-order valence-electron chi connectivity index (χ0n) is 23.5. The van der Waals surface area contributed by atoms with Gasteiger partial charge >= 0.3 is 0 Å². The zero-order chi connectivity index (χ0) is 28.8. The first kappa shape index (κ1) is 28.9. The Hall–Kier alpha value is -1.82. The number of nitrogens with one attached hydrogen (secondary N) is 2. The maximum atomic E-state index is 3.79. The van der Waals surface area contributed by atoms with Gasteiger partial charge in [0.25, 0.3) is 0 Å². The third-order valence-electron chi connectivity index (χ3n) is 8.29. The van der Waals surface area contributed by atoms with Gasteiger partial charge in [0.2, 0.25) is 0 Å². The van der Waals surface area contributed by atoms with Crippen LogP contribution in [-0.2, 0) is 12.8 Å². The van der Waals surface area contributed by atoms with Crippen LogP contribution >= 0.6 is 67.9 Å². The Labute approximate surface area is 283 Å². The molecule has 2 aromatic heterocycles. The molecule has 8 rings (SSSR count). The van der Waals surface area contributed by atoms with E-state index in [0.717, 1.165) is 12.8 Å². The van der Waals surface area contributed by atoms with Crippen molar-refractivity contribution in [3.8, 4) is 0 Å². The van der Waals surface area contributed by atoms with Crippen molar-refractivity contribution in [1.29, 1.82) is 0 Å². The van der Waals surface area contributed by atoms with Crippen LogP contribution in [0.1, 0.15) is 57.9 Å². The van der Waals surface area contributed by atoms with Crippen molar-refractivity contribution in [2.24, 2.45) is 0 Å². The summed E-state index contributed by atoms with van der Waals surface area (Å²) in [6.45, 7) is 4.57. The molecule has 0 aliphatic carbocycles. The highest BCUT2D eigenvalue weighted by atomic mass is 127. The third-order valence-corrected chi connectivity index (χ3v) is 12.1. The van der Waals surface area contributed by atoms with Crippen LogP contribution in [0.4, 0.5) is 0 Å². The number of halogens is 2. The molecule has 0 spiro atoms. The van der Waals surface area contributed by atoms with Gasteiger partial charge in [-0.05, 0) is 141 Å². The van der Waals surface area contributed by atoms with E-state index in [0.29, 0.717) is 24.2 Å². The van der Waals surface area contributed by atoms with Crippen LogP contribution in [-0.4, -0.2) is 12.1 Å². The summed E-state index contributed by atoms with van der Waals surface area (Å²) >= 11 is 8.66. The second-order valence-corrected chi connectivity index (χ2v) is 16.1. The van der Waals surface area contributed by atoms with Crippen LogP contribution in [0.5, 0.6) is 0 Å². The highest BCUT2D eigenvalue weighted by Gasteiger charge is 2.30. The average Bonchev–Trinajstić information content (AvgIpc) is 3.55. The summed E-state index contributed by atoms with van der Waals surface area (Å²) in [6, 6.07) is 37.1. The number of thiophene rings is 2. The summed E-state index contributed by atoms with van der Waals surface area (Å²) in [5.41, 5.74) is 5.73. The maximum Gasteiger partial charge on any atom is 0.0596 e. The van der Waals surface area contributed by atoms with Gasteiger partial charge in [0.15, 0.2) is 0 Å². The van der Waals surface area contributed by atoms with E-state index in [9.17, 15) is 0 Å². The van der Waals surface area contributed by atoms with E-state index in [2.05, 4.69) is 167 Å². The molecular weight excluding hydrogens is 778 g/mol. The van der Waals surface area contributed by atoms with Crippen molar-refractivity contribution in [1.82, 2.24) is 10.6 Å². The van der Waals surface area contributed by atoms with E-state index in [1.54, 1.807) is 9.75 Å². The molecule has 6 aromatic rings. The van der Waals surface area contributed by atoms with Crippen LogP contribution in [0.2, 0.25) is 0 Å². The Bertz CT molecular complexity index is 1720. The molecule has 4 heterocycles. The molecule has 4 atom stereocenters. The first-order valence-electron chi connectivity index (χ1n) is 14.5. The van der Waals surface area contributed by atoms with Crippen molar-refractivity contribution >= 4 is 88.0 Å². The predicted octanol–water partition coefficient (Wildman–Crippen LogP) is 10.3. The average molecular weight is 811 g/mol. The summed E-state index contributed by atoms with van der Waals surface area (Å²) < 4.78 is 5.40. The summed E-state index contributed by atoms with van der Waals surface area (Å²) in [5.74, 6) is 0. The van der Waals surface area contributed by atoms with Crippen molar-refractivity contribution in [3.05, 3.63) is 136 Å². The van der Waals surface area contributed by atoms with Crippen LogP contribution in [0.3, 0.4) is 0 Å². The van der Waals surface area contributed by atoms with Crippen molar-refractivity contribution in [2.75, 3.05) is 0 Å². The first-order valence-corrected chi connectivity index (χ1v) is 18.3. The minimum absolute atomic E-state index is 0.317. The van der Waals surface area contributed by atoms with Crippen LogP contribution in [0.15, 0.2) is 97.1 Å². The Morgan fingerprint density at radius 2 is 0.929 bits per heavy atom. The predicted molar refractivity (Wildman–Crippen MR) is 198 cm³/mol. The molecular formula is C36H32I2N2S2. The lowest BCUT2D eigenvalue weighted by Gasteiger charge is -2.30.